The fraction of sp³-hybridized carbons (Fsp3) is 0.645. The van der Waals surface area contributed by atoms with Crippen molar-refractivity contribution in [1.82, 2.24) is 20.3 Å². The monoisotopic (exact) mass is 594 g/mol. The molecule has 7 nitrogen and oxygen atoms in total. The number of rotatable bonds is 11. The predicted molar refractivity (Wildman–Crippen MR) is 164 cm³/mol. The van der Waals surface area contributed by atoms with Gasteiger partial charge >= 0.3 is 0 Å². The average molecular weight is 596 g/mol. The van der Waals surface area contributed by atoms with Gasteiger partial charge in [-0.3, -0.25) is 14.5 Å². The molecule has 3 rings (SSSR count). The number of aromatic nitrogens is 1. The highest BCUT2D eigenvalue weighted by Gasteiger charge is 2.25. The Kier molecular flexibility index (Phi) is 14.5. The lowest BCUT2D eigenvalue weighted by molar-refractivity contribution is -0.130. The molecule has 0 aliphatic carbocycles. The van der Waals surface area contributed by atoms with Gasteiger partial charge in [0.25, 0.3) is 0 Å². The van der Waals surface area contributed by atoms with Gasteiger partial charge in [0.2, 0.25) is 11.8 Å². The summed E-state index contributed by atoms with van der Waals surface area (Å²) in [7, 11) is 0. The van der Waals surface area contributed by atoms with Crippen molar-refractivity contribution in [2.75, 3.05) is 26.2 Å². The molecular weight excluding hydrogens is 547 g/mol. The Morgan fingerprint density at radius 1 is 1.20 bits per heavy atom. The van der Waals surface area contributed by atoms with Crippen molar-refractivity contribution in [2.24, 2.45) is 11.8 Å². The first-order chi connectivity index (χ1) is 18.9. The first-order valence-electron chi connectivity index (χ1n) is 14.5. The van der Waals surface area contributed by atoms with E-state index in [0.29, 0.717) is 54.0 Å². The van der Waals surface area contributed by atoms with Crippen molar-refractivity contribution in [2.45, 2.75) is 93.2 Å². The number of likely N-dealkylation sites (tertiary alicyclic amines) is 1. The molecule has 0 spiro atoms. The van der Waals surface area contributed by atoms with E-state index in [4.69, 9.17) is 27.7 Å². The summed E-state index contributed by atoms with van der Waals surface area (Å²) < 4.78 is 5.05. The van der Waals surface area contributed by atoms with Crippen molar-refractivity contribution >= 4 is 35.0 Å². The van der Waals surface area contributed by atoms with Crippen molar-refractivity contribution in [3.8, 4) is 0 Å². The molecule has 9 heteroatoms. The summed E-state index contributed by atoms with van der Waals surface area (Å²) in [5.74, 6) is 2.34. The van der Waals surface area contributed by atoms with Crippen LogP contribution in [0.1, 0.15) is 82.9 Å². The molecule has 224 valence electrons. The Labute approximate surface area is 250 Å². The third-order valence-corrected chi connectivity index (χ3v) is 8.19. The Bertz CT molecular complexity index is 1070. The lowest BCUT2D eigenvalue weighted by Gasteiger charge is -2.38. The van der Waals surface area contributed by atoms with Crippen LogP contribution in [0.3, 0.4) is 0 Å². The largest absolute Gasteiger partial charge is 0.361 e. The van der Waals surface area contributed by atoms with E-state index in [2.05, 4.69) is 43.1 Å². The standard InChI is InChI=1S/C22H33Cl2N3O2.C9H15NO/c1-4-19-7-5-16(2)14-27(19)11-9-22(29)25-10-12-26(17(3)28)15-18-6-8-20(23)21(24)13-18;1-6(2)5-9-7(3)10-11-8(9)4/h6,8,13,16,19H,4-5,7,9-12,14-15H2,1-3H3,(H,25,29);6H,5H2,1-4H3. The van der Waals surface area contributed by atoms with E-state index >= 15 is 0 Å². The maximum atomic E-state index is 12.3. The van der Waals surface area contributed by atoms with E-state index in [1.807, 2.05) is 19.9 Å². The smallest absolute Gasteiger partial charge is 0.221 e. The SMILES string of the molecule is CCC1CCC(C)CN1CCC(=O)NCCN(Cc1ccc(Cl)c(Cl)c1)C(C)=O.Cc1noc(C)c1CC(C)C. The van der Waals surface area contributed by atoms with Crippen LogP contribution in [-0.2, 0) is 22.6 Å². The molecule has 1 aliphatic heterocycles. The summed E-state index contributed by atoms with van der Waals surface area (Å²) in [6.45, 7) is 17.6. The summed E-state index contributed by atoms with van der Waals surface area (Å²) in [6, 6.07) is 5.94. The highest BCUT2D eigenvalue weighted by atomic mass is 35.5. The third-order valence-electron chi connectivity index (χ3n) is 7.45. The number of carbonyl (C=O) groups is 2. The van der Waals surface area contributed by atoms with Gasteiger partial charge < -0.3 is 14.7 Å². The van der Waals surface area contributed by atoms with Crippen LogP contribution >= 0.6 is 23.2 Å². The number of nitrogens with one attached hydrogen (secondary N) is 1. The van der Waals surface area contributed by atoms with Gasteiger partial charge in [-0.1, -0.05) is 62.1 Å². The van der Waals surface area contributed by atoms with Crippen LogP contribution in [0.4, 0.5) is 0 Å². The van der Waals surface area contributed by atoms with Crippen LogP contribution in [-0.4, -0.2) is 59.0 Å². The summed E-state index contributed by atoms with van der Waals surface area (Å²) in [5, 5.41) is 7.81. The zero-order valence-corrected chi connectivity index (χ0v) is 26.9. The van der Waals surface area contributed by atoms with E-state index in [1.54, 1.807) is 17.0 Å². The van der Waals surface area contributed by atoms with Gasteiger partial charge in [0.1, 0.15) is 5.76 Å². The van der Waals surface area contributed by atoms with E-state index in [-0.39, 0.29) is 11.8 Å². The highest BCUT2D eigenvalue weighted by molar-refractivity contribution is 6.42. The van der Waals surface area contributed by atoms with Crippen LogP contribution in [0.25, 0.3) is 0 Å². The van der Waals surface area contributed by atoms with Gasteiger partial charge in [-0.05, 0) is 69.1 Å². The number of nitrogens with zero attached hydrogens (tertiary/aromatic N) is 3. The number of hydrogen-bond donors (Lipinski definition) is 1. The summed E-state index contributed by atoms with van der Waals surface area (Å²) in [4.78, 5) is 28.4. The molecule has 2 unspecified atom stereocenters. The molecule has 0 radical (unpaired) electrons. The molecule has 2 atom stereocenters. The van der Waals surface area contributed by atoms with Gasteiger partial charge in [0.15, 0.2) is 0 Å². The van der Waals surface area contributed by atoms with Crippen LogP contribution < -0.4 is 5.32 Å². The number of aryl methyl sites for hydroxylation is 2. The third kappa shape index (κ3) is 11.4. The van der Waals surface area contributed by atoms with Crippen molar-refractivity contribution < 1.29 is 14.1 Å². The normalized spacial score (nSPS) is 17.4. The minimum atomic E-state index is -0.0431. The van der Waals surface area contributed by atoms with Crippen LogP contribution in [0.5, 0.6) is 0 Å². The van der Waals surface area contributed by atoms with Crippen molar-refractivity contribution in [3.63, 3.8) is 0 Å². The Morgan fingerprint density at radius 2 is 1.93 bits per heavy atom. The minimum absolute atomic E-state index is 0.0381. The Morgan fingerprint density at radius 3 is 2.50 bits per heavy atom. The van der Waals surface area contributed by atoms with Crippen LogP contribution in [0, 0.1) is 25.7 Å². The lowest BCUT2D eigenvalue weighted by Crippen LogP contribution is -2.44. The molecular formula is C31H48Cl2N4O3. The summed E-state index contributed by atoms with van der Waals surface area (Å²) in [5.41, 5.74) is 3.22. The van der Waals surface area contributed by atoms with Gasteiger partial charge in [0, 0.05) is 57.7 Å². The van der Waals surface area contributed by atoms with E-state index < -0.39 is 0 Å². The zero-order valence-electron chi connectivity index (χ0n) is 25.4. The summed E-state index contributed by atoms with van der Waals surface area (Å²) in [6.07, 6.45) is 5.20. The topological polar surface area (TPSA) is 78.7 Å². The second kappa shape index (κ2) is 17.0. The molecule has 2 aromatic rings. The van der Waals surface area contributed by atoms with Crippen molar-refractivity contribution in [3.05, 3.63) is 50.8 Å². The number of halogens is 2. The Balaban J connectivity index is 0.000000425. The molecule has 1 saturated heterocycles. The van der Waals surface area contributed by atoms with E-state index in [1.165, 1.54) is 25.3 Å². The maximum Gasteiger partial charge on any atom is 0.221 e. The lowest BCUT2D eigenvalue weighted by atomic mass is 9.92. The first kappa shape index (κ1) is 34.1. The van der Waals surface area contributed by atoms with Crippen LogP contribution in [0.15, 0.2) is 22.7 Å². The van der Waals surface area contributed by atoms with Gasteiger partial charge in [-0.2, -0.15) is 0 Å². The fourth-order valence-electron chi connectivity index (χ4n) is 5.11. The maximum absolute atomic E-state index is 12.3. The molecule has 1 aromatic heterocycles. The molecule has 1 aromatic carbocycles. The Hall–Kier alpha value is -2.09. The summed E-state index contributed by atoms with van der Waals surface area (Å²) >= 11 is 12.0. The zero-order chi connectivity index (χ0) is 29.8. The van der Waals surface area contributed by atoms with E-state index in [9.17, 15) is 9.59 Å². The number of carbonyl (C=O) groups excluding carboxylic acids is 2. The second-order valence-electron chi connectivity index (χ2n) is 11.4. The van der Waals surface area contributed by atoms with Crippen molar-refractivity contribution in [1.29, 1.82) is 0 Å². The number of benzene rings is 1. The van der Waals surface area contributed by atoms with Gasteiger partial charge in [0.05, 0.1) is 15.7 Å². The molecule has 1 aliphatic rings. The quantitative estimate of drug-likeness (QED) is 0.308. The molecule has 2 amide bonds. The molecule has 0 saturated carbocycles. The molecule has 2 heterocycles. The minimum Gasteiger partial charge on any atom is -0.361 e. The van der Waals surface area contributed by atoms with Gasteiger partial charge in [-0.25, -0.2) is 0 Å². The van der Waals surface area contributed by atoms with E-state index in [0.717, 1.165) is 42.9 Å². The second-order valence-corrected chi connectivity index (χ2v) is 12.2. The number of hydrogen-bond acceptors (Lipinski definition) is 5. The highest BCUT2D eigenvalue weighted by Crippen LogP contribution is 2.24. The predicted octanol–water partition coefficient (Wildman–Crippen LogP) is 6.85. The van der Waals surface area contributed by atoms with Crippen LogP contribution in [0.2, 0.25) is 10.0 Å². The fourth-order valence-corrected chi connectivity index (χ4v) is 5.43. The molecule has 40 heavy (non-hydrogen) atoms. The molecule has 0 bridgehead atoms. The average Bonchev–Trinajstić information content (AvgIpc) is 3.21. The van der Waals surface area contributed by atoms with Gasteiger partial charge in [-0.15, -0.1) is 0 Å². The number of piperidine rings is 1. The molecule has 1 fully saturated rings. The first-order valence-corrected chi connectivity index (χ1v) is 15.3. The number of amides is 2. The molecule has 1 N–H and O–H groups in total.